The number of piperazine rings is 1. The molecule has 1 saturated heterocycles. The van der Waals surface area contributed by atoms with E-state index in [0.717, 1.165) is 38.5 Å². The van der Waals surface area contributed by atoms with Crippen molar-refractivity contribution >= 4 is 5.91 Å². The van der Waals surface area contributed by atoms with Crippen molar-refractivity contribution in [1.29, 1.82) is 0 Å². The largest absolute Gasteiger partial charge is 0.494 e. The topological polar surface area (TPSA) is 58.8 Å². The van der Waals surface area contributed by atoms with Gasteiger partial charge in [-0.05, 0) is 24.6 Å². The first-order chi connectivity index (χ1) is 10.6. The van der Waals surface area contributed by atoms with E-state index in [1.165, 1.54) is 5.56 Å². The first-order valence-electron chi connectivity index (χ1n) is 8.07. The van der Waals surface area contributed by atoms with Crippen LogP contribution in [0.3, 0.4) is 0 Å². The number of ether oxygens (including phenoxy) is 1. The average Bonchev–Trinajstić information content (AvgIpc) is 2.56. The van der Waals surface area contributed by atoms with Gasteiger partial charge in [0.15, 0.2) is 0 Å². The van der Waals surface area contributed by atoms with Gasteiger partial charge in [0.25, 0.3) is 0 Å². The van der Waals surface area contributed by atoms with Crippen LogP contribution in [-0.2, 0) is 11.3 Å². The fraction of sp³-hybridized carbons (Fsp3) is 0.588. The molecule has 1 atom stereocenters. The number of nitrogens with zero attached hydrogens (tertiary/aromatic N) is 2. The lowest BCUT2D eigenvalue weighted by molar-refractivity contribution is -0.136. The number of hydrogen-bond donors (Lipinski definition) is 1. The van der Waals surface area contributed by atoms with Crippen molar-refractivity contribution in [2.75, 3.05) is 39.3 Å². The molecule has 1 aliphatic heterocycles. The fourth-order valence-electron chi connectivity index (χ4n) is 2.65. The second kappa shape index (κ2) is 8.15. The summed E-state index contributed by atoms with van der Waals surface area (Å²) in [5.41, 5.74) is 6.85. The van der Waals surface area contributed by atoms with Crippen LogP contribution in [-0.4, -0.2) is 55.0 Å². The minimum Gasteiger partial charge on any atom is -0.494 e. The van der Waals surface area contributed by atoms with Crippen LogP contribution in [0.4, 0.5) is 0 Å². The molecule has 22 heavy (non-hydrogen) atoms. The first-order valence-corrected chi connectivity index (χ1v) is 8.07. The van der Waals surface area contributed by atoms with Gasteiger partial charge in [-0.3, -0.25) is 9.69 Å². The molecule has 0 bridgehead atoms. The van der Waals surface area contributed by atoms with E-state index in [4.69, 9.17) is 10.5 Å². The second-order valence-corrected chi connectivity index (χ2v) is 5.82. The van der Waals surface area contributed by atoms with Crippen LogP contribution in [0.5, 0.6) is 5.75 Å². The van der Waals surface area contributed by atoms with Crippen LogP contribution in [0.15, 0.2) is 24.3 Å². The summed E-state index contributed by atoms with van der Waals surface area (Å²) in [4.78, 5) is 16.4. The molecular weight excluding hydrogens is 278 g/mol. The van der Waals surface area contributed by atoms with Crippen molar-refractivity contribution in [2.45, 2.75) is 20.4 Å². The molecule has 1 aliphatic rings. The van der Waals surface area contributed by atoms with Crippen molar-refractivity contribution in [3.8, 4) is 5.75 Å². The zero-order chi connectivity index (χ0) is 15.9. The van der Waals surface area contributed by atoms with E-state index < -0.39 is 0 Å². The van der Waals surface area contributed by atoms with Crippen LogP contribution in [0, 0.1) is 5.92 Å². The van der Waals surface area contributed by atoms with Gasteiger partial charge in [-0.1, -0.05) is 19.1 Å². The molecule has 0 radical (unpaired) electrons. The summed E-state index contributed by atoms with van der Waals surface area (Å²) in [5, 5.41) is 0. The van der Waals surface area contributed by atoms with Gasteiger partial charge in [-0.15, -0.1) is 0 Å². The number of hydrogen-bond acceptors (Lipinski definition) is 4. The zero-order valence-electron chi connectivity index (χ0n) is 13.6. The van der Waals surface area contributed by atoms with Gasteiger partial charge in [0.1, 0.15) is 5.75 Å². The maximum atomic E-state index is 12.1. The minimum absolute atomic E-state index is 0.0716. The molecule has 2 N–H and O–H groups in total. The molecule has 2 rings (SSSR count). The highest BCUT2D eigenvalue weighted by molar-refractivity contribution is 5.78. The van der Waals surface area contributed by atoms with Crippen LogP contribution in [0.25, 0.3) is 0 Å². The van der Waals surface area contributed by atoms with E-state index in [0.29, 0.717) is 13.2 Å². The molecule has 0 spiro atoms. The van der Waals surface area contributed by atoms with Gasteiger partial charge in [0, 0.05) is 45.2 Å². The molecule has 0 saturated carbocycles. The smallest absolute Gasteiger partial charge is 0.226 e. The number of rotatable bonds is 6. The van der Waals surface area contributed by atoms with Crippen LogP contribution < -0.4 is 10.5 Å². The summed E-state index contributed by atoms with van der Waals surface area (Å²) >= 11 is 0. The monoisotopic (exact) mass is 305 g/mol. The van der Waals surface area contributed by atoms with E-state index in [1.54, 1.807) is 0 Å². The second-order valence-electron chi connectivity index (χ2n) is 5.82. The Morgan fingerprint density at radius 3 is 2.41 bits per heavy atom. The maximum Gasteiger partial charge on any atom is 0.226 e. The van der Waals surface area contributed by atoms with Gasteiger partial charge >= 0.3 is 0 Å². The molecule has 5 nitrogen and oxygen atoms in total. The Hall–Kier alpha value is -1.59. The van der Waals surface area contributed by atoms with Crippen molar-refractivity contribution in [2.24, 2.45) is 11.7 Å². The van der Waals surface area contributed by atoms with Gasteiger partial charge < -0.3 is 15.4 Å². The molecule has 0 aromatic heterocycles. The lowest BCUT2D eigenvalue weighted by Gasteiger charge is -2.35. The quantitative estimate of drug-likeness (QED) is 0.861. The van der Waals surface area contributed by atoms with E-state index in [-0.39, 0.29) is 11.8 Å². The number of benzene rings is 1. The van der Waals surface area contributed by atoms with Gasteiger partial charge in [0.2, 0.25) is 5.91 Å². The Morgan fingerprint density at radius 1 is 1.23 bits per heavy atom. The van der Waals surface area contributed by atoms with E-state index in [9.17, 15) is 4.79 Å². The van der Waals surface area contributed by atoms with Gasteiger partial charge in [0.05, 0.1) is 6.61 Å². The van der Waals surface area contributed by atoms with E-state index >= 15 is 0 Å². The highest BCUT2D eigenvalue weighted by Gasteiger charge is 2.24. The van der Waals surface area contributed by atoms with E-state index in [2.05, 4.69) is 17.0 Å². The first kappa shape index (κ1) is 16.8. The molecule has 1 fully saturated rings. The Balaban J connectivity index is 1.81. The SMILES string of the molecule is CCOc1ccc(CN2CCN(C(=O)C(C)CN)CC2)cc1. The van der Waals surface area contributed by atoms with Gasteiger partial charge in [-0.2, -0.15) is 0 Å². The molecule has 1 unspecified atom stereocenters. The zero-order valence-corrected chi connectivity index (χ0v) is 13.6. The Labute approximate surface area is 133 Å². The van der Waals surface area contributed by atoms with Crippen LogP contribution in [0.1, 0.15) is 19.4 Å². The highest BCUT2D eigenvalue weighted by Crippen LogP contribution is 2.15. The van der Waals surface area contributed by atoms with Crippen molar-refractivity contribution in [3.05, 3.63) is 29.8 Å². The summed E-state index contributed by atoms with van der Waals surface area (Å²) in [5.74, 6) is 1.03. The molecule has 1 heterocycles. The lowest BCUT2D eigenvalue weighted by atomic mass is 10.1. The molecule has 122 valence electrons. The third-order valence-corrected chi connectivity index (χ3v) is 4.10. The number of carbonyl (C=O) groups is 1. The number of carbonyl (C=O) groups excluding carboxylic acids is 1. The van der Waals surface area contributed by atoms with Crippen LogP contribution in [0.2, 0.25) is 0 Å². The fourth-order valence-corrected chi connectivity index (χ4v) is 2.65. The van der Waals surface area contributed by atoms with Crippen molar-refractivity contribution < 1.29 is 9.53 Å². The summed E-state index contributed by atoms with van der Waals surface area (Å²) in [6.45, 7) is 9.32. The summed E-state index contributed by atoms with van der Waals surface area (Å²) in [6.07, 6.45) is 0. The molecular formula is C17H27N3O2. The predicted molar refractivity (Wildman–Crippen MR) is 87.7 cm³/mol. The summed E-state index contributed by atoms with van der Waals surface area (Å²) in [7, 11) is 0. The average molecular weight is 305 g/mol. The molecule has 1 amide bonds. The van der Waals surface area contributed by atoms with E-state index in [1.807, 2.05) is 30.9 Å². The van der Waals surface area contributed by atoms with Crippen molar-refractivity contribution in [1.82, 2.24) is 9.80 Å². The standard InChI is InChI=1S/C17H27N3O2/c1-3-22-16-6-4-15(5-7-16)13-19-8-10-20(11-9-19)17(21)14(2)12-18/h4-7,14H,3,8-13,18H2,1-2H3. The minimum atomic E-state index is -0.0716. The molecule has 0 aliphatic carbocycles. The predicted octanol–water partition coefficient (Wildman–Crippen LogP) is 1.32. The Kier molecular flexibility index (Phi) is 6.21. The molecule has 5 heteroatoms. The summed E-state index contributed by atoms with van der Waals surface area (Å²) in [6, 6.07) is 8.25. The number of amides is 1. The Morgan fingerprint density at radius 2 is 1.86 bits per heavy atom. The maximum absolute atomic E-state index is 12.1. The third kappa shape index (κ3) is 4.45. The summed E-state index contributed by atoms with van der Waals surface area (Å²) < 4.78 is 5.46. The number of nitrogens with two attached hydrogens (primary N) is 1. The molecule has 1 aromatic rings. The molecule has 1 aromatic carbocycles. The van der Waals surface area contributed by atoms with Crippen LogP contribution >= 0.6 is 0 Å². The van der Waals surface area contributed by atoms with Crippen molar-refractivity contribution in [3.63, 3.8) is 0 Å². The Bertz CT molecular complexity index is 467. The van der Waals surface area contributed by atoms with Gasteiger partial charge in [-0.25, -0.2) is 0 Å². The highest BCUT2D eigenvalue weighted by atomic mass is 16.5. The normalized spacial score (nSPS) is 17.3. The third-order valence-electron chi connectivity index (χ3n) is 4.10. The lowest BCUT2D eigenvalue weighted by Crippen LogP contribution is -2.50.